The van der Waals surface area contributed by atoms with Crippen molar-refractivity contribution in [1.29, 1.82) is 0 Å². The highest BCUT2D eigenvalue weighted by Crippen LogP contribution is 2.37. The largest absolute Gasteiger partial charge is 0.481 e. The zero-order chi connectivity index (χ0) is 13.7. The van der Waals surface area contributed by atoms with Gasteiger partial charge >= 0.3 is 5.97 Å². The summed E-state index contributed by atoms with van der Waals surface area (Å²) in [7, 11) is 0. The zero-order valence-electron chi connectivity index (χ0n) is 11.4. The molecule has 1 saturated heterocycles. The molecule has 0 radical (unpaired) electrons. The standard InChI is InChI=1S/C14H24N2O3/c17-12(9-11-3-7-15-8-4-11)16-10-14(13(18)19)5-1-2-6-14/h11,15H,1-10H2,(H,16,17)(H,18,19). The Labute approximate surface area is 114 Å². The molecule has 1 aliphatic carbocycles. The minimum atomic E-state index is -0.757. The van der Waals surface area contributed by atoms with Crippen molar-refractivity contribution in [3.8, 4) is 0 Å². The van der Waals surface area contributed by atoms with Crippen molar-refractivity contribution in [3.63, 3.8) is 0 Å². The second-order valence-corrected chi connectivity index (χ2v) is 5.97. The maximum atomic E-state index is 11.9. The molecule has 2 rings (SSSR count). The van der Waals surface area contributed by atoms with E-state index in [0.29, 0.717) is 31.7 Å². The Bertz CT molecular complexity index is 332. The molecule has 1 aliphatic heterocycles. The molecule has 0 aromatic heterocycles. The van der Waals surface area contributed by atoms with Gasteiger partial charge < -0.3 is 15.7 Å². The molecule has 0 aromatic carbocycles. The predicted octanol–water partition coefficient (Wildman–Crippen LogP) is 1.14. The summed E-state index contributed by atoms with van der Waals surface area (Å²) in [6.45, 7) is 2.26. The first-order valence-electron chi connectivity index (χ1n) is 7.33. The van der Waals surface area contributed by atoms with Gasteiger partial charge in [0.05, 0.1) is 5.41 Å². The van der Waals surface area contributed by atoms with E-state index >= 15 is 0 Å². The SMILES string of the molecule is O=C(CC1CCNCC1)NCC1(C(=O)O)CCCC1. The number of carbonyl (C=O) groups is 2. The van der Waals surface area contributed by atoms with Crippen LogP contribution in [0.15, 0.2) is 0 Å². The normalized spacial score (nSPS) is 23.2. The monoisotopic (exact) mass is 268 g/mol. The summed E-state index contributed by atoms with van der Waals surface area (Å²) in [6.07, 6.45) is 5.91. The van der Waals surface area contributed by atoms with Gasteiger partial charge in [0.2, 0.25) is 5.91 Å². The van der Waals surface area contributed by atoms with Gasteiger partial charge in [0.1, 0.15) is 0 Å². The molecular weight excluding hydrogens is 244 g/mol. The molecule has 3 N–H and O–H groups in total. The van der Waals surface area contributed by atoms with E-state index in [1.165, 1.54) is 0 Å². The topological polar surface area (TPSA) is 78.4 Å². The van der Waals surface area contributed by atoms with Gasteiger partial charge in [-0.2, -0.15) is 0 Å². The first kappa shape index (κ1) is 14.3. The Kier molecular flexibility index (Phi) is 4.80. The van der Waals surface area contributed by atoms with Gasteiger partial charge in [0, 0.05) is 13.0 Å². The van der Waals surface area contributed by atoms with E-state index in [-0.39, 0.29) is 5.91 Å². The second-order valence-electron chi connectivity index (χ2n) is 5.97. The Morgan fingerprint density at radius 2 is 1.84 bits per heavy atom. The fourth-order valence-corrected chi connectivity index (χ4v) is 3.21. The number of carbonyl (C=O) groups excluding carboxylic acids is 1. The molecule has 0 atom stereocenters. The van der Waals surface area contributed by atoms with Crippen molar-refractivity contribution in [2.75, 3.05) is 19.6 Å². The van der Waals surface area contributed by atoms with E-state index < -0.39 is 11.4 Å². The van der Waals surface area contributed by atoms with Crippen LogP contribution in [0.4, 0.5) is 0 Å². The number of aliphatic carboxylic acids is 1. The molecule has 2 aliphatic rings. The predicted molar refractivity (Wildman–Crippen MR) is 71.8 cm³/mol. The highest BCUT2D eigenvalue weighted by molar-refractivity contribution is 5.79. The summed E-state index contributed by atoms with van der Waals surface area (Å²) in [5.41, 5.74) is -0.705. The minimum absolute atomic E-state index is 0.0134. The number of carboxylic acid groups (broad SMARTS) is 1. The van der Waals surface area contributed by atoms with Gasteiger partial charge in [-0.1, -0.05) is 12.8 Å². The average Bonchev–Trinajstić information content (AvgIpc) is 2.88. The molecule has 19 heavy (non-hydrogen) atoms. The van der Waals surface area contributed by atoms with Crippen molar-refractivity contribution in [3.05, 3.63) is 0 Å². The number of nitrogens with one attached hydrogen (secondary N) is 2. The van der Waals surface area contributed by atoms with E-state index in [1.54, 1.807) is 0 Å². The molecule has 2 fully saturated rings. The smallest absolute Gasteiger partial charge is 0.311 e. The molecular formula is C14H24N2O3. The van der Waals surface area contributed by atoms with Crippen LogP contribution in [0.3, 0.4) is 0 Å². The molecule has 0 unspecified atom stereocenters. The first-order chi connectivity index (χ1) is 9.12. The van der Waals surface area contributed by atoms with Crippen LogP contribution >= 0.6 is 0 Å². The number of hydrogen-bond acceptors (Lipinski definition) is 3. The van der Waals surface area contributed by atoms with E-state index in [1.807, 2.05) is 0 Å². The second kappa shape index (κ2) is 6.37. The van der Waals surface area contributed by atoms with Gasteiger partial charge in [0.15, 0.2) is 0 Å². The summed E-state index contributed by atoms with van der Waals surface area (Å²) in [5, 5.41) is 15.5. The fraction of sp³-hybridized carbons (Fsp3) is 0.857. The van der Waals surface area contributed by atoms with E-state index in [9.17, 15) is 14.7 Å². The Hall–Kier alpha value is -1.10. The van der Waals surface area contributed by atoms with Crippen LogP contribution in [0, 0.1) is 11.3 Å². The van der Waals surface area contributed by atoms with E-state index in [2.05, 4.69) is 10.6 Å². The van der Waals surface area contributed by atoms with Gasteiger partial charge in [-0.3, -0.25) is 9.59 Å². The number of piperidine rings is 1. The number of rotatable bonds is 5. The van der Waals surface area contributed by atoms with Crippen LogP contribution in [0.25, 0.3) is 0 Å². The highest BCUT2D eigenvalue weighted by atomic mass is 16.4. The Morgan fingerprint density at radius 1 is 1.21 bits per heavy atom. The lowest BCUT2D eigenvalue weighted by Crippen LogP contribution is -2.42. The van der Waals surface area contributed by atoms with Gasteiger partial charge in [-0.25, -0.2) is 0 Å². The molecule has 5 heteroatoms. The van der Waals surface area contributed by atoms with Crippen molar-refractivity contribution >= 4 is 11.9 Å². The van der Waals surface area contributed by atoms with Crippen LogP contribution < -0.4 is 10.6 Å². The number of hydrogen-bond donors (Lipinski definition) is 3. The minimum Gasteiger partial charge on any atom is -0.481 e. The maximum Gasteiger partial charge on any atom is 0.311 e. The maximum absolute atomic E-state index is 11.9. The van der Waals surface area contributed by atoms with Crippen molar-refractivity contribution in [1.82, 2.24) is 10.6 Å². The van der Waals surface area contributed by atoms with Crippen molar-refractivity contribution in [2.45, 2.75) is 44.9 Å². The lowest BCUT2D eigenvalue weighted by Gasteiger charge is -2.25. The summed E-state index contributed by atoms with van der Waals surface area (Å²) in [5.74, 6) is -0.294. The summed E-state index contributed by atoms with van der Waals surface area (Å²) in [6, 6.07) is 0. The molecule has 1 saturated carbocycles. The molecule has 0 bridgehead atoms. The number of amides is 1. The Balaban J connectivity index is 1.77. The third-order valence-electron chi connectivity index (χ3n) is 4.57. The first-order valence-corrected chi connectivity index (χ1v) is 7.33. The van der Waals surface area contributed by atoms with E-state index in [0.717, 1.165) is 38.8 Å². The molecule has 5 nitrogen and oxygen atoms in total. The lowest BCUT2D eigenvalue weighted by molar-refractivity contribution is -0.148. The molecule has 108 valence electrons. The van der Waals surface area contributed by atoms with Gasteiger partial charge in [-0.05, 0) is 44.7 Å². The van der Waals surface area contributed by atoms with Gasteiger partial charge in [-0.15, -0.1) is 0 Å². The van der Waals surface area contributed by atoms with Crippen LogP contribution in [-0.4, -0.2) is 36.6 Å². The molecule has 0 aromatic rings. The van der Waals surface area contributed by atoms with Gasteiger partial charge in [0.25, 0.3) is 0 Å². The van der Waals surface area contributed by atoms with E-state index in [4.69, 9.17) is 0 Å². The third kappa shape index (κ3) is 3.69. The fourth-order valence-electron chi connectivity index (χ4n) is 3.21. The van der Waals surface area contributed by atoms with Crippen LogP contribution in [0.1, 0.15) is 44.9 Å². The highest BCUT2D eigenvalue weighted by Gasteiger charge is 2.41. The quantitative estimate of drug-likeness (QED) is 0.698. The number of carboxylic acids is 1. The summed E-state index contributed by atoms with van der Waals surface area (Å²) in [4.78, 5) is 23.3. The third-order valence-corrected chi connectivity index (χ3v) is 4.57. The lowest BCUT2D eigenvalue weighted by atomic mass is 9.86. The molecule has 1 heterocycles. The van der Waals surface area contributed by atoms with Crippen LogP contribution in [-0.2, 0) is 9.59 Å². The summed E-state index contributed by atoms with van der Waals surface area (Å²) >= 11 is 0. The van der Waals surface area contributed by atoms with Crippen molar-refractivity contribution < 1.29 is 14.7 Å². The van der Waals surface area contributed by atoms with Crippen molar-refractivity contribution in [2.24, 2.45) is 11.3 Å². The Morgan fingerprint density at radius 3 is 2.42 bits per heavy atom. The molecule has 0 spiro atoms. The van der Waals surface area contributed by atoms with Crippen LogP contribution in [0.2, 0.25) is 0 Å². The molecule has 1 amide bonds. The average molecular weight is 268 g/mol. The summed E-state index contributed by atoms with van der Waals surface area (Å²) < 4.78 is 0. The van der Waals surface area contributed by atoms with Crippen LogP contribution in [0.5, 0.6) is 0 Å². The zero-order valence-corrected chi connectivity index (χ0v) is 11.4.